The number of aryl methyl sites for hydroxylation is 1. The first-order valence-corrected chi connectivity index (χ1v) is 10.9. The molecule has 0 fully saturated rings. The zero-order chi connectivity index (χ0) is 22.3. The monoisotopic (exact) mass is 488 g/mol. The van der Waals surface area contributed by atoms with Crippen molar-refractivity contribution in [3.63, 3.8) is 0 Å². The topological polar surface area (TPSA) is 79.5 Å². The molecule has 2 N–H and O–H groups in total. The number of rotatable bonds is 7. The van der Waals surface area contributed by atoms with E-state index in [9.17, 15) is 9.90 Å². The Morgan fingerprint density at radius 1 is 1.03 bits per heavy atom. The van der Waals surface area contributed by atoms with Crippen LogP contribution in [-0.2, 0) is 11.3 Å². The largest absolute Gasteiger partial charge is 0.507 e. The summed E-state index contributed by atoms with van der Waals surface area (Å²) in [4.78, 5) is 17.0. The van der Waals surface area contributed by atoms with E-state index >= 15 is 0 Å². The summed E-state index contributed by atoms with van der Waals surface area (Å²) in [6.07, 6.45) is 3.41. The van der Waals surface area contributed by atoms with Crippen molar-refractivity contribution in [1.29, 1.82) is 0 Å². The predicted molar refractivity (Wildman–Crippen MR) is 129 cm³/mol. The third-order valence-corrected chi connectivity index (χ3v) is 5.39. The van der Waals surface area contributed by atoms with Gasteiger partial charge in [0, 0.05) is 34.1 Å². The fourth-order valence-corrected chi connectivity index (χ4v) is 3.72. The van der Waals surface area contributed by atoms with E-state index in [-0.39, 0.29) is 18.1 Å². The number of halogens is 1. The van der Waals surface area contributed by atoms with E-state index in [2.05, 4.69) is 31.4 Å². The van der Waals surface area contributed by atoms with Gasteiger partial charge in [0.1, 0.15) is 5.75 Å². The molecule has 0 bridgehead atoms. The van der Waals surface area contributed by atoms with Gasteiger partial charge in [0.25, 0.3) is 0 Å². The minimum absolute atomic E-state index is 0.0885. The third kappa shape index (κ3) is 5.12. The van der Waals surface area contributed by atoms with E-state index in [4.69, 9.17) is 0 Å². The Morgan fingerprint density at radius 3 is 2.44 bits per heavy atom. The van der Waals surface area contributed by atoms with Crippen LogP contribution in [0.1, 0.15) is 12.0 Å². The molecule has 0 aliphatic rings. The second kappa shape index (κ2) is 10.1. The van der Waals surface area contributed by atoms with Crippen LogP contribution in [0.2, 0.25) is 0 Å². The molecule has 0 saturated carbocycles. The lowest BCUT2D eigenvalue weighted by Gasteiger charge is -2.10. The van der Waals surface area contributed by atoms with Gasteiger partial charge in [0.05, 0.1) is 23.9 Å². The van der Waals surface area contributed by atoms with Gasteiger partial charge in [-0.3, -0.25) is 4.79 Å². The van der Waals surface area contributed by atoms with Crippen LogP contribution in [0, 0.1) is 0 Å². The van der Waals surface area contributed by atoms with Crippen LogP contribution in [0.3, 0.4) is 0 Å². The fraction of sp³-hybridized carbons (Fsp3) is 0.0800. The van der Waals surface area contributed by atoms with E-state index < -0.39 is 0 Å². The normalized spacial score (nSPS) is 11.0. The number of carbonyl (C=O) groups excluding carboxylic acids is 1. The predicted octanol–water partition coefficient (Wildman–Crippen LogP) is 5.23. The third-order valence-electron chi connectivity index (χ3n) is 4.89. The summed E-state index contributed by atoms with van der Waals surface area (Å²) in [5.74, 6) is -0.143. The second-order valence-corrected chi connectivity index (χ2v) is 8.03. The van der Waals surface area contributed by atoms with E-state index in [0.717, 1.165) is 27.0 Å². The van der Waals surface area contributed by atoms with Gasteiger partial charge in [0.15, 0.2) is 0 Å². The van der Waals surface area contributed by atoms with Crippen molar-refractivity contribution < 1.29 is 9.90 Å². The average Bonchev–Trinajstić information content (AvgIpc) is 3.25. The molecule has 3 aromatic carbocycles. The number of phenols is 1. The van der Waals surface area contributed by atoms with Gasteiger partial charge in [-0.25, -0.2) is 10.4 Å². The first-order chi connectivity index (χ1) is 15.6. The molecule has 0 aliphatic carbocycles. The maximum absolute atomic E-state index is 12.4. The van der Waals surface area contributed by atoms with Crippen LogP contribution < -0.4 is 5.43 Å². The molecule has 160 valence electrons. The molecule has 1 aromatic heterocycles. The smallest absolute Gasteiger partial charge is 0.241 e. The number of imidazole rings is 1. The Labute approximate surface area is 194 Å². The van der Waals surface area contributed by atoms with Crippen LogP contribution in [-0.4, -0.2) is 26.8 Å². The number of benzene rings is 3. The zero-order valence-electron chi connectivity index (χ0n) is 17.1. The molecule has 1 amide bonds. The van der Waals surface area contributed by atoms with Crippen molar-refractivity contribution in [3.8, 4) is 28.3 Å². The first-order valence-electron chi connectivity index (χ1n) is 10.1. The summed E-state index contributed by atoms with van der Waals surface area (Å²) in [5.41, 5.74) is 6.92. The zero-order valence-corrected chi connectivity index (χ0v) is 18.7. The molecule has 4 rings (SSSR count). The molecule has 7 heteroatoms. The van der Waals surface area contributed by atoms with E-state index in [1.165, 1.54) is 6.21 Å². The number of aromatic hydroxyl groups is 1. The van der Waals surface area contributed by atoms with Crippen molar-refractivity contribution in [3.05, 3.63) is 95.2 Å². The van der Waals surface area contributed by atoms with E-state index in [0.29, 0.717) is 12.1 Å². The highest BCUT2D eigenvalue weighted by molar-refractivity contribution is 9.10. The number of carbonyl (C=O) groups is 1. The number of amides is 1. The van der Waals surface area contributed by atoms with Crippen molar-refractivity contribution in [2.45, 2.75) is 13.0 Å². The molecule has 6 nitrogen and oxygen atoms in total. The van der Waals surface area contributed by atoms with Crippen LogP contribution in [0.25, 0.3) is 22.5 Å². The highest BCUT2D eigenvalue weighted by Crippen LogP contribution is 2.31. The maximum atomic E-state index is 12.4. The van der Waals surface area contributed by atoms with Crippen LogP contribution in [0.4, 0.5) is 0 Å². The molecule has 1 heterocycles. The SMILES string of the molecule is O=C(CCn1cnc(-c2ccccc2)c1-c1ccccc1)N/N=C\c1cc(Br)ccc1O. The molecule has 0 unspecified atom stereocenters. The van der Waals surface area contributed by atoms with E-state index in [1.807, 2.05) is 65.2 Å². The minimum Gasteiger partial charge on any atom is -0.507 e. The summed E-state index contributed by atoms with van der Waals surface area (Å²) in [6, 6.07) is 25.0. The lowest BCUT2D eigenvalue weighted by atomic mass is 10.0. The lowest BCUT2D eigenvalue weighted by molar-refractivity contribution is -0.121. The van der Waals surface area contributed by atoms with Gasteiger partial charge >= 0.3 is 0 Å². The van der Waals surface area contributed by atoms with Gasteiger partial charge in [-0.15, -0.1) is 0 Å². The Kier molecular flexibility index (Phi) is 6.77. The summed E-state index contributed by atoms with van der Waals surface area (Å²) >= 11 is 3.34. The van der Waals surface area contributed by atoms with Gasteiger partial charge in [-0.05, 0) is 18.2 Å². The Bertz CT molecular complexity index is 1240. The highest BCUT2D eigenvalue weighted by Gasteiger charge is 2.15. The number of hydrazone groups is 1. The number of nitrogens with zero attached hydrogens (tertiary/aromatic N) is 3. The number of nitrogens with one attached hydrogen (secondary N) is 1. The van der Waals surface area contributed by atoms with Crippen LogP contribution in [0.5, 0.6) is 5.75 Å². The van der Waals surface area contributed by atoms with Crippen LogP contribution in [0.15, 0.2) is 94.8 Å². The summed E-state index contributed by atoms with van der Waals surface area (Å²) in [7, 11) is 0. The van der Waals surface area contributed by atoms with Gasteiger partial charge < -0.3 is 9.67 Å². The number of hydrogen-bond donors (Lipinski definition) is 2. The quantitative estimate of drug-likeness (QED) is 0.276. The molecular formula is C25H21BrN4O2. The van der Waals surface area contributed by atoms with Gasteiger partial charge in [-0.1, -0.05) is 76.6 Å². The van der Waals surface area contributed by atoms with Crippen molar-refractivity contribution in [1.82, 2.24) is 15.0 Å². The van der Waals surface area contributed by atoms with Gasteiger partial charge in [0.2, 0.25) is 5.91 Å². The summed E-state index contributed by atoms with van der Waals surface area (Å²) < 4.78 is 2.80. The van der Waals surface area contributed by atoms with Crippen LogP contribution >= 0.6 is 15.9 Å². The van der Waals surface area contributed by atoms with Crippen molar-refractivity contribution >= 4 is 28.1 Å². The standard InChI is InChI=1S/C25H21BrN4O2/c26-21-11-12-22(31)20(15-21)16-28-29-23(32)13-14-30-17-27-24(18-7-3-1-4-8-18)25(30)19-9-5-2-6-10-19/h1-12,15-17,31H,13-14H2,(H,29,32)/b28-16-. The lowest BCUT2D eigenvalue weighted by Crippen LogP contribution is -2.19. The Morgan fingerprint density at radius 2 is 1.72 bits per heavy atom. The number of phenolic OH excluding ortho intramolecular Hbond substituents is 1. The Hall–Kier alpha value is -3.71. The molecule has 0 atom stereocenters. The molecule has 0 saturated heterocycles. The van der Waals surface area contributed by atoms with E-state index in [1.54, 1.807) is 24.5 Å². The first kappa shape index (κ1) is 21.5. The molecule has 0 radical (unpaired) electrons. The fourth-order valence-electron chi connectivity index (χ4n) is 3.34. The number of aromatic nitrogens is 2. The van der Waals surface area contributed by atoms with Crippen molar-refractivity contribution in [2.75, 3.05) is 0 Å². The molecule has 4 aromatic rings. The molecule has 0 aliphatic heterocycles. The maximum Gasteiger partial charge on any atom is 0.241 e. The van der Waals surface area contributed by atoms with Gasteiger partial charge in [-0.2, -0.15) is 5.10 Å². The number of hydrogen-bond acceptors (Lipinski definition) is 4. The van der Waals surface area contributed by atoms with Crippen molar-refractivity contribution in [2.24, 2.45) is 5.10 Å². The molecule has 0 spiro atoms. The summed E-state index contributed by atoms with van der Waals surface area (Å²) in [5, 5.41) is 13.8. The molecule has 32 heavy (non-hydrogen) atoms. The molecular weight excluding hydrogens is 468 g/mol. The highest BCUT2D eigenvalue weighted by atomic mass is 79.9. The minimum atomic E-state index is -0.232. The Balaban J connectivity index is 1.48. The average molecular weight is 489 g/mol. The summed E-state index contributed by atoms with van der Waals surface area (Å²) in [6.45, 7) is 0.452. The second-order valence-electron chi connectivity index (χ2n) is 7.11.